The van der Waals surface area contributed by atoms with E-state index in [9.17, 15) is 9.90 Å². The molecule has 2 heterocycles. The number of hydrogen-bond donors (Lipinski definition) is 1. The number of allylic oxidation sites excluding steroid dienone is 3. The summed E-state index contributed by atoms with van der Waals surface area (Å²) < 4.78 is 13.4. The van der Waals surface area contributed by atoms with Crippen LogP contribution in [0.25, 0.3) is 0 Å². The number of benzene rings is 1. The van der Waals surface area contributed by atoms with Gasteiger partial charge in [-0.05, 0) is 80.3 Å². The summed E-state index contributed by atoms with van der Waals surface area (Å²) in [4.78, 5) is 16.0. The molecule has 6 aliphatic rings. The number of thioether (sulfide) groups is 1. The monoisotopic (exact) mass is 538 g/mol. The Kier molecular flexibility index (Phi) is 6.01. The number of aliphatic hydroxyl groups is 1. The van der Waals surface area contributed by atoms with Crippen molar-refractivity contribution in [3.63, 3.8) is 0 Å². The van der Waals surface area contributed by atoms with Gasteiger partial charge < -0.3 is 14.3 Å². The van der Waals surface area contributed by atoms with Crippen molar-refractivity contribution in [3.8, 4) is 0 Å². The fourth-order valence-electron chi connectivity index (χ4n) is 8.24. The molecule has 200 valence electrons. The second kappa shape index (κ2) is 8.58. The van der Waals surface area contributed by atoms with Crippen LogP contribution in [0.3, 0.4) is 0 Å². The minimum Gasteiger partial charge on any atom is -0.459 e. The molecule has 0 radical (unpaired) electrons. The highest BCUT2D eigenvalue weighted by Crippen LogP contribution is 2.71. The van der Waals surface area contributed by atoms with Crippen molar-refractivity contribution in [2.24, 2.45) is 35.0 Å². The zero-order valence-corrected chi connectivity index (χ0v) is 25.1. The van der Waals surface area contributed by atoms with E-state index in [-0.39, 0.29) is 52.8 Å². The van der Waals surface area contributed by atoms with Gasteiger partial charge in [-0.2, -0.15) is 0 Å². The van der Waals surface area contributed by atoms with Crippen LogP contribution in [-0.4, -0.2) is 37.7 Å². The molecule has 3 saturated carbocycles. The Hall–Kier alpha value is -1.34. The van der Waals surface area contributed by atoms with Crippen LogP contribution in [0, 0.1) is 35.0 Å². The molecule has 1 aromatic rings. The highest BCUT2D eigenvalue weighted by Gasteiger charge is 2.74. The van der Waals surface area contributed by atoms with Crippen molar-refractivity contribution in [1.82, 2.24) is 0 Å². The second-order valence-electron chi connectivity index (χ2n) is 13.8. The Morgan fingerprint density at radius 1 is 1.16 bits per heavy atom. The zero-order valence-electron chi connectivity index (χ0n) is 23.3. The van der Waals surface area contributed by atoms with Crippen molar-refractivity contribution in [2.75, 3.05) is 0 Å². The minimum atomic E-state index is -2.04. The smallest absolute Gasteiger partial charge is 0.313 e. The standard InChI is InChI=1S/C31H42O4SSi/c1-17-15-23(36-19-11-9-8-10-12-19)26(32)20-13-14-31-18(2)27(35-37(6,7)30(3,4)5)28(34-29(31)33)22-16-21(17)24(20)25(22)31/h8-12,15,18,20,22,24-28,32H,13-14,16H2,1-7H3/t18-,20+,22+,24-,25+,26+,27-,28-,31-/m1/s1. The fourth-order valence-corrected chi connectivity index (χ4v) is 10.7. The Balaban J connectivity index is 1.40. The summed E-state index contributed by atoms with van der Waals surface area (Å²) >= 11 is 1.69. The van der Waals surface area contributed by atoms with Crippen molar-refractivity contribution >= 4 is 26.0 Å². The Morgan fingerprint density at radius 3 is 2.54 bits per heavy atom. The van der Waals surface area contributed by atoms with E-state index in [4.69, 9.17) is 9.16 Å². The third kappa shape index (κ3) is 3.65. The van der Waals surface area contributed by atoms with Gasteiger partial charge in [0.2, 0.25) is 0 Å². The second-order valence-corrected chi connectivity index (χ2v) is 19.7. The van der Waals surface area contributed by atoms with Crippen LogP contribution in [0.1, 0.15) is 53.9 Å². The molecule has 4 nitrogen and oxygen atoms in total. The lowest BCUT2D eigenvalue weighted by molar-refractivity contribution is -0.256. The molecule has 9 atom stereocenters. The molecule has 2 bridgehead atoms. The lowest BCUT2D eigenvalue weighted by Gasteiger charge is -2.64. The van der Waals surface area contributed by atoms with Crippen LogP contribution in [0.5, 0.6) is 0 Å². The molecular formula is C31H42O4SSi. The number of fused-ring (bicyclic) bond motifs is 2. The van der Waals surface area contributed by atoms with Gasteiger partial charge in [-0.25, -0.2) is 0 Å². The summed E-state index contributed by atoms with van der Waals surface area (Å²) in [6, 6.07) is 10.3. The van der Waals surface area contributed by atoms with Gasteiger partial charge in [-0.1, -0.05) is 68.8 Å². The van der Waals surface area contributed by atoms with Crippen LogP contribution in [0.15, 0.2) is 57.4 Å². The molecule has 4 aliphatic carbocycles. The van der Waals surface area contributed by atoms with Crippen LogP contribution >= 0.6 is 11.8 Å². The third-order valence-electron chi connectivity index (χ3n) is 11.1. The first-order valence-electron chi connectivity index (χ1n) is 14.1. The van der Waals surface area contributed by atoms with Gasteiger partial charge in [0.15, 0.2) is 8.32 Å². The van der Waals surface area contributed by atoms with E-state index in [1.54, 1.807) is 11.8 Å². The van der Waals surface area contributed by atoms with E-state index in [1.165, 1.54) is 11.1 Å². The first-order chi connectivity index (χ1) is 17.4. The van der Waals surface area contributed by atoms with Crippen LogP contribution in [-0.2, 0) is 14.0 Å². The summed E-state index contributed by atoms with van der Waals surface area (Å²) in [5.41, 5.74) is 2.22. The van der Waals surface area contributed by atoms with Crippen molar-refractivity contribution in [1.29, 1.82) is 0 Å². The quantitative estimate of drug-likeness (QED) is 0.331. The molecule has 1 N–H and O–H groups in total. The highest BCUT2D eigenvalue weighted by atomic mass is 32.2. The van der Waals surface area contributed by atoms with E-state index in [1.807, 2.05) is 6.07 Å². The Bertz CT molecular complexity index is 1170. The normalized spacial score (nSPS) is 40.8. The van der Waals surface area contributed by atoms with Crippen LogP contribution in [0.4, 0.5) is 0 Å². The van der Waals surface area contributed by atoms with Crippen molar-refractivity contribution < 1.29 is 19.1 Å². The van der Waals surface area contributed by atoms with E-state index in [0.717, 1.165) is 29.1 Å². The maximum atomic E-state index is 13.8. The number of esters is 1. The average Bonchev–Trinajstić information content (AvgIpc) is 3.21. The van der Waals surface area contributed by atoms with E-state index in [0.29, 0.717) is 0 Å². The van der Waals surface area contributed by atoms with E-state index >= 15 is 0 Å². The third-order valence-corrected chi connectivity index (χ3v) is 16.7. The van der Waals surface area contributed by atoms with Gasteiger partial charge in [0.05, 0.1) is 17.6 Å². The minimum absolute atomic E-state index is 0.00395. The Labute approximate surface area is 227 Å². The Morgan fingerprint density at radius 2 is 1.86 bits per heavy atom. The van der Waals surface area contributed by atoms with Crippen LogP contribution < -0.4 is 0 Å². The number of aliphatic hydroxyl groups excluding tert-OH is 1. The summed E-state index contributed by atoms with van der Waals surface area (Å²) in [5.74, 6) is 1.04. The van der Waals surface area contributed by atoms with Gasteiger partial charge in [0, 0.05) is 21.6 Å². The van der Waals surface area contributed by atoms with Gasteiger partial charge >= 0.3 is 5.97 Å². The number of carbonyl (C=O) groups excluding carboxylic acids is 1. The van der Waals surface area contributed by atoms with E-state index < -0.39 is 19.8 Å². The molecule has 37 heavy (non-hydrogen) atoms. The number of ether oxygens (including phenoxy) is 1. The highest BCUT2D eigenvalue weighted by molar-refractivity contribution is 8.03. The predicted molar refractivity (Wildman–Crippen MR) is 150 cm³/mol. The molecule has 6 heteroatoms. The van der Waals surface area contributed by atoms with Crippen LogP contribution in [0.2, 0.25) is 18.1 Å². The maximum Gasteiger partial charge on any atom is 0.313 e. The average molecular weight is 539 g/mol. The molecule has 7 rings (SSSR count). The molecule has 0 amide bonds. The number of carbonyl (C=O) groups is 1. The molecule has 2 aliphatic heterocycles. The summed E-state index contributed by atoms with van der Waals surface area (Å²) in [7, 11) is -2.04. The summed E-state index contributed by atoms with van der Waals surface area (Å²) in [6.45, 7) is 15.9. The molecule has 5 fully saturated rings. The van der Waals surface area contributed by atoms with Crippen molar-refractivity contribution in [2.45, 2.75) is 95.2 Å². The van der Waals surface area contributed by atoms with Crippen molar-refractivity contribution in [3.05, 3.63) is 52.5 Å². The zero-order chi connectivity index (χ0) is 26.5. The largest absolute Gasteiger partial charge is 0.459 e. The lowest BCUT2D eigenvalue weighted by atomic mass is 9.46. The first-order valence-corrected chi connectivity index (χ1v) is 17.8. The maximum absolute atomic E-state index is 13.8. The molecule has 2 saturated heterocycles. The molecular weight excluding hydrogens is 496 g/mol. The molecule has 0 aromatic heterocycles. The van der Waals surface area contributed by atoms with Gasteiger partial charge in [0.1, 0.15) is 6.10 Å². The SMILES string of the molecule is CC1=C2C[C@@H]3[C@H]4OC(=O)[C@]5(CC[C@@H]([C@H]2[C@H]35)[C@H](O)C(Sc2ccccc2)=C1)[C@H](C)[C@H]4O[Si](C)(C)C(C)(C)C. The summed E-state index contributed by atoms with van der Waals surface area (Å²) in [6.07, 6.45) is 4.08. The van der Waals surface area contributed by atoms with Gasteiger partial charge in [-0.3, -0.25) is 4.79 Å². The van der Waals surface area contributed by atoms with Gasteiger partial charge in [-0.15, -0.1) is 0 Å². The topological polar surface area (TPSA) is 55.8 Å². The van der Waals surface area contributed by atoms with E-state index in [2.05, 4.69) is 78.1 Å². The molecule has 0 unspecified atom stereocenters. The number of hydrogen-bond acceptors (Lipinski definition) is 5. The molecule has 1 aromatic carbocycles. The number of rotatable bonds is 4. The fraction of sp³-hybridized carbons (Fsp3) is 0.645. The summed E-state index contributed by atoms with van der Waals surface area (Å²) in [5, 5.41) is 11.9. The lowest BCUT2D eigenvalue weighted by Crippen LogP contribution is -2.71. The molecule has 1 spiro atoms. The first kappa shape index (κ1) is 25.9. The van der Waals surface area contributed by atoms with Gasteiger partial charge in [0.25, 0.3) is 0 Å². The predicted octanol–water partition coefficient (Wildman–Crippen LogP) is 6.97.